The Labute approximate surface area is 129 Å². The van der Waals surface area contributed by atoms with E-state index in [1.54, 1.807) is 0 Å². The van der Waals surface area contributed by atoms with E-state index in [1.165, 1.54) is 0 Å². The molecule has 0 saturated heterocycles. The molecule has 100 valence electrons. The van der Waals surface area contributed by atoms with Crippen molar-refractivity contribution in [3.05, 3.63) is 89.2 Å². The lowest BCUT2D eigenvalue weighted by Gasteiger charge is -2.01. The molecule has 1 aromatic heterocycles. The first-order valence-electron chi connectivity index (χ1n) is 6.60. The third-order valence-corrected chi connectivity index (χ3v) is 3.30. The number of pyridine rings is 1. The maximum absolute atomic E-state index is 5.89. The van der Waals surface area contributed by atoms with Crippen LogP contribution in [0, 0.1) is 11.8 Å². The highest BCUT2D eigenvalue weighted by molar-refractivity contribution is 6.30. The second kappa shape index (κ2) is 6.26. The number of hydrogen-bond acceptors (Lipinski definition) is 1. The molecule has 0 aliphatic rings. The van der Waals surface area contributed by atoms with Gasteiger partial charge < -0.3 is 0 Å². The number of benzene rings is 2. The molecule has 0 unspecified atom stereocenters. The highest BCUT2D eigenvalue weighted by atomic mass is 35.5. The standard InChI is InChI=1S/C19H12ClN/c20-18-10-7-16(8-11-18)17-9-13-19(21-14-17)12-6-15-4-2-1-3-5-15/h1-5,7-11,13-14H. The van der Waals surface area contributed by atoms with Gasteiger partial charge in [-0.15, -0.1) is 0 Å². The summed E-state index contributed by atoms with van der Waals surface area (Å²) in [5.41, 5.74) is 3.89. The minimum atomic E-state index is 0.733. The fraction of sp³-hybridized carbons (Fsp3) is 0. The van der Waals surface area contributed by atoms with E-state index < -0.39 is 0 Å². The Kier molecular flexibility index (Phi) is 4.00. The predicted octanol–water partition coefficient (Wildman–Crippen LogP) is 4.80. The number of rotatable bonds is 1. The van der Waals surface area contributed by atoms with Gasteiger partial charge >= 0.3 is 0 Å². The van der Waals surface area contributed by atoms with Crippen molar-refractivity contribution < 1.29 is 0 Å². The highest BCUT2D eigenvalue weighted by Crippen LogP contribution is 2.20. The smallest absolute Gasteiger partial charge is 0.113 e. The van der Waals surface area contributed by atoms with Gasteiger partial charge in [0.15, 0.2) is 0 Å². The van der Waals surface area contributed by atoms with Crippen molar-refractivity contribution >= 4 is 11.6 Å². The van der Waals surface area contributed by atoms with Crippen molar-refractivity contribution in [2.75, 3.05) is 0 Å². The van der Waals surface area contributed by atoms with Gasteiger partial charge in [0.2, 0.25) is 0 Å². The summed E-state index contributed by atoms with van der Waals surface area (Å²) in [5.74, 6) is 6.16. The zero-order valence-corrected chi connectivity index (χ0v) is 12.0. The summed E-state index contributed by atoms with van der Waals surface area (Å²) < 4.78 is 0. The first-order chi connectivity index (χ1) is 10.3. The highest BCUT2D eigenvalue weighted by Gasteiger charge is 1.98. The van der Waals surface area contributed by atoms with Crippen LogP contribution in [0.1, 0.15) is 11.3 Å². The molecule has 0 atom stereocenters. The molecule has 3 rings (SSSR count). The Balaban J connectivity index is 1.82. The Bertz CT molecular complexity index is 779. The van der Waals surface area contributed by atoms with Crippen molar-refractivity contribution in [2.45, 2.75) is 0 Å². The Morgan fingerprint density at radius 2 is 1.43 bits per heavy atom. The number of nitrogens with zero attached hydrogens (tertiary/aromatic N) is 1. The SMILES string of the molecule is Clc1ccc(-c2ccc(C#Cc3ccccc3)nc2)cc1. The van der Waals surface area contributed by atoms with Crippen LogP contribution in [0.25, 0.3) is 11.1 Å². The molecule has 1 nitrogen and oxygen atoms in total. The third kappa shape index (κ3) is 3.51. The predicted molar refractivity (Wildman–Crippen MR) is 87.1 cm³/mol. The van der Waals surface area contributed by atoms with Gasteiger partial charge in [-0.3, -0.25) is 0 Å². The molecule has 0 bridgehead atoms. The largest absolute Gasteiger partial charge is 0.247 e. The fourth-order valence-electron chi connectivity index (χ4n) is 1.94. The van der Waals surface area contributed by atoms with Gasteiger partial charge in [0.25, 0.3) is 0 Å². The van der Waals surface area contributed by atoms with Crippen LogP contribution < -0.4 is 0 Å². The third-order valence-electron chi connectivity index (χ3n) is 3.05. The van der Waals surface area contributed by atoms with Crippen molar-refractivity contribution in [2.24, 2.45) is 0 Å². The molecule has 2 heteroatoms. The zero-order chi connectivity index (χ0) is 14.5. The van der Waals surface area contributed by atoms with Crippen LogP contribution in [0.4, 0.5) is 0 Å². The van der Waals surface area contributed by atoms with Gasteiger partial charge in [-0.1, -0.05) is 53.9 Å². The minimum absolute atomic E-state index is 0.733. The van der Waals surface area contributed by atoms with Crippen LogP contribution in [0.5, 0.6) is 0 Å². The van der Waals surface area contributed by atoms with Crippen molar-refractivity contribution in [1.29, 1.82) is 0 Å². The molecular formula is C19H12ClN. The van der Waals surface area contributed by atoms with Crippen molar-refractivity contribution in [3.8, 4) is 23.0 Å². The topological polar surface area (TPSA) is 12.9 Å². The maximum Gasteiger partial charge on any atom is 0.113 e. The van der Waals surface area contributed by atoms with E-state index in [-0.39, 0.29) is 0 Å². The monoisotopic (exact) mass is 289 g/mol. The lowest BCUT2D eigenvalue weighted by Crippen LogP contribution is -1.84. The zero-order valence-electron chi connectivity index (χ0n) is 11.3. The van der Waals surface area contributed by atoms with Gasteiger partial charge in [0.05, 0.1) is 0 Å². The van der Waals surface area contributed by atoms with Crippen LogP contribution in [-0.2, 0) is 0 Å². The van der Waals surface area contributed by atoms with Crippen LogP contribution in [-0.4, -0.2) is 4.98 Å². The first kappa shape index (κ1) is 13.4. The lowest BCUT2D eigenvalue weighted by molar-refractivity contribution is 1.29. The second-order valence-corrected chi connectivity index (χ2v) is 4.99. The molecule has 2 aromatic carbocycles. The first-order valence-corrected chi connectivity index (χ1v) is 6.98. The summed E-state index contributed by atoms with van der Waals surface area (Å²) in [5, 5.41) is 0.733. The normalized spacial score (nSPS) is 9.76. The molecular weight excluding hydrogens is 278 g/mol. The lowest BCUT2D eigenvalue weighted by atomic mass is 10.1. The summed E-state index contributed by atoms with van der Waals surface area (Å²) >= 11 is 5.89. The van der Waals surface area contributed by atoms with E-state index in [4.69, 9.17) is 11.6 Å². The molecule has 0 N–H and O–H groups in total. The number of halogens is 1. The molecule has 0 radical (unpaired) electrons. The van der Waals surface area contributed by atoms with Crippen molar-refractivity contribution in [1.82, 2.24) is 4.98 Å². The molecule has 0 amide bonds. The van der Waals surface area contributed by atoms with Gasteiger partial charge in [0, 0.05) is 22.3 Å². The van der Waals surface area contributed by atoms with E-state index in [1.807, 2.05) is 72.9 Å². The molecule has 0 fully saturated rings. The maximum atomic E-state index is 5.89. The molecule has 3 aromatic rings. The number of hydrogen-bond donors (Lipinski definition) is 0. The summed E-state index contributed by atoms with van der Waals surface area (Å²) in [6.07, 6.45) is 1.83. The summed E-state index contributed by atoms with van der Waals surface area (Å²) in [6, 6.07) is 21.5. The molecule has 0 spiro atoms. The Morgan fingerprint density at radius 3 is 2.10 bits per heavy atom. The van der Waals surface area contributed by atoms with E-state index in [0.717, 1.165) is 27.4 Å². The van der Waals surface area contributed by atoms with Gasteiger partial charge in [-0.2, -0.15) is 0 Å². The Morgan fingerprint density at radius 1 is 0.714 bits per heavy atom. The van der Waals surface area contributed by atoms with Gasteiger partial charge in [0.1, 0.15) is 5.69 Å². The molecule has 1 heterocycles. The average molecular weight is 290 g/mol. The van der Waals surface area contributed by atoms with Crippen LogP contribution in [0.3, 0.4) is 0 Å². The Hall–Kier alpha value is -2.56. The van der Waals surface area contributed by atoms with Gasteiger partial charge in [-0.05, 0) is 41.8 Å². The second-order valence-electron chi connectivity index (χ2n) is 4.56. The van der Waals surface area contributed by atoms with E-state index in [2.05, 4.69) is 16.8 Å². The van der Waals surface area contributed by atoms with E-state index in [0.29, 0.717) is 0 Å². The van der Waals surface area contributed by atoms with Crippen LogP contribution in [0.15, 0.2) is 72.9 Å². The van der Waals surface area contributed by atoms with Crippen molar-refractivity contribution in [3.63, 3.8) is 0 Å². The molecule has 0 aliphatic carbocycles. The average Bonchev–Trinajstić information content (AvgIpc) is 2.55. The minimum Gasteiger partial charge on any atom is -0.247 e. The van der Waals surface area contributed by atoms with E-state index >= 15 is 0 Å². The van der Waals surface area contributed by atoms with Crippen LogP contribution >= 0.6 is 11.6 Å². The van der Waals surface area contributed by atoms with E-state index in [9.17, 15) is 0 Å². The fourth-order valence-corrected chi connectivity index (χ4v) is 2.06. The molecule has 21 heavy (non-hydrogen) atoms. The summed E-state index contributed by atoms with van der Waals surface area (Å²) in [6.45, 7) is 0. The molecule has 0 aliphatic heterocycles. The van der Waals surface area contributed by atoms with Gasteiger partial charge in [-0.25, -0.2) is 4.98 Å². The van der Waals surface area contributed by atoms with Crippen LogP contribution in [0.2, 0.25) is 5.02 Å². The molecule has 0 saturated carbocycles. The summed E-state index contributed by atoms with van der Waals surface area (Å²) in [4.78, 5) is 4.39. The summed E-state index contributed by atoms with van der Waals surface area (Å²) in [7, 11) is 0. The quantitative estimate of drug-likeness (QED) is 0.586. The number of aromatic nitrogens is 1.